The van der Waals surface area contributed by atoms with Crippen LogP contribution in [0, 0.1) is 0 Å². The first-order chi connectivity index (χ1) is 9.74. The summed E-state index contributed by atoms with van der Waals surface area (Å²) in [6, 6.07) is 12.3. The van der Waals surface area contributed by atoms with Crippen molar-refractivity contribution >= 4 is 31.5 Å². The molecular weight excluding hydrogens is 264 g/mol. The molecule has 0 aliphatic heterocycles. The molecule has 0 bridgehead atoms. The molecule has 0 unspecified atom stereocenters. The van der Waals surface area contributed by atoms with Crippen molar-refractivity contribution in [3.05, 3.63) is 57.7 Å². The first-order valence-electron chi connectivity index (χ1n) is 7.22. The van der Waals surface area contributed by atoms with Crippen LogP contribution in [0.3, 0.4) is 0 Å². The van der Waals surface area contributed by atoms with Crippen LogP contribution >= 0.6 is 11.3 Å². The van der Waals surface area contributed by atoms with Crippen LogP contribution in [0.2, 0.25) is 0 Å². The monoisotopic (exact) mass is 282 g/mol. The Hall–Kier alpha value is -1.67. The molecule has 0 radical (unpaired) electrons. The molecular formula is C18H18OS. The smallest absolute Gasteiger partial charge is 0.195 e. The predicted molar refractivity (Wildman–Crippen MR) is 89.0 cm³/mol. The van der Waals surface area contributed by atoms with Crippen molar-refractivity contribution in [2.24, 2.45) is 0 Å². The Labute approximate surface area is 122 Å². The Kier molecular flexibility index (Phi) is 3.58. The fourth-order valence-electron chi connectivity index (χ4n) is 2.74. The van der Waals surface area contributed by atoms with Gasteiger partial charge in [-0.15, -0.1) is 11.3 Å². The summed E-state index contributed by atoms with van der Waals surface area (Å²) in [5.74, 6) is 0. The average Bonchev–Trinajstić information content (AvgIpc) is 2.48. The molecule has 0 saturated carbocycles. The second-order valence-electron chi connectivity index (χ2n) is 5.16. The number of hydrogen-bond acceptors (Lipinski definition) is 2. The van der Waals surface area contributed by atoms with Crippen LogP contribution in [0.25, 0.3) is 20.2 Å². The van der Waals surface area contributed by atoms with Crippen molar-refractivity contribution in [2.75, 3.05) is 0 Å². The van der Waals surface area contributed by atoms with Crippen molar-refractivity contribution in [3.63, 3.8) is 0 Å². The van der Waals surface area contributed by atoms with Crippen LogP contribution in [-0.4, -0.2) is 0 Å². The summed E-state index contributed by atoms with van der Waals surface area (Å²) < 4.78 is 2.25. The van der Waals surface area contributed by atoms with Gasteiger partial charge in [-0.05, 0) is 42.2 Å². The first kappa shape index (κ1) is 13.3. The van der Waals surface area contributed by atoms with Gasteiger partial charge in [0.05, 0.1) is 0 Å². The van der Waals surface area contributed by atoms with E-state index in [1.54, 1.807) is 11.3 Å². The minimum Gasteiger partial charge on any atom is -0.289 e. The van der Waals surface area contributed by atoms with Gasteiger partial charge in [-0.1, -0.05) is 38.5 Å². The lowest BCUT2D eigenvalue weighted by Gasteiger charge is -2.09. The van der Waals surface area contributed by atoms with Crippen LogP contribution in [-0.2, 0) is 12.8 Å². The molecule has 102 valence electrons. The van der Waals surface area contributed by atoms with E-state index in [4.69, 9.17) is 0 Å². The summed E-state index contributed by atoms with van der Waals surface area (Å²) in [5.41, 5.74) is 2.78. The summed E-state index contributed by atoms with van der Waals surface area (Å²) in [6.07, 6.45) is 3.13. The Morgan fingerprint density at radius 2 is 1.85 bits per heavy atom. The van der Waals surface area contributed by atoms with E-state index in [1.807, 2.05) is 24.3 Å². The molecule has 2 heteroatoms. The van der Waals surface area contributed by atoms with Crippen LogP contribution < -0.4 is 5.43 Å². The van der Waals surface area contributed by atoms with Gasteiger partial charge in [-0.25, -0.2) is 0 Å². The molecule has 0 atom stereocenters. The molecule has 0 spiro atoms. The van der Waals surface area contributed by atoms with Gasteiger partial charge in [-0.2, -0.15) is 0 Å². The van der Waals surface area contributed by atoms with E-state index in [9.17, 15) is 4.79 Å². The van der Waals surface area contributed by atoms with E-state index in [0.717, 1.165) is 39.4 Å². The molecule has 1 heterocycles. The lowest BCUT2D eigenvalue weighted by atomic mass is 10.0. The molecule has 1 aromatic heterocycles. The summed E-state index contributed by atoms with van der Waals surface area (Å²) in [4.78, 5) is 12.7. The number of aryl methyl sites for hydroxylation is 2. The van der Waals surface area contributed by atoms with Gasteiger partial charge >= 0.3 is 0 Å². The molecule has 3 rings (SSSR count). The van der Waals surface area contributed by atoms with Crippen molar-refractivity contribution in [3.8, 4) is 0 Å². The number of rotatable bonds is 3. The molecule has 3 aromatic rings. The predicted octanol–water partition coefficient (Wildman–Crippen LogP) is 4.93. The fourth-order valence-corrected chi connectivity index (χ4v) is 3.97. The second kappa shape index (κ2) is 5.37. The minimum absolute atomic E-state index is 0.182. The van der Waals surface area contributed by atoms with E-state index in [-0.39, 0.29) is 5.43 Å². The minimum atomic E-state index is 0.182. The molecule has 0 amide bonds. The summed E-state index contributed by atoms with van der Waals surface area (Å²) in [6.45, 7) is 4.34. The van der Waals surface area contributed by atoms with Gasteiger partial charge in [-0.3, -0.25) is 4.79 Å². The van der Waals surface area contributed by atoms with E-state index in [0.29, 0.717) is 0 Å². The zero-order valence-electron chi connectivity index (χ0n) is 11.9. The van der Waals surface area contributed by atoms with Crippen molar-refractivity contribution < 1.29 is 0 Å². The zero-order chi connectivity index (χ0) is 14.1. The molecule has 1 nitrogen and oxygen atoms in total. The van der Waals surface area contributed by atoms with Gasteiger partial charge in [0, 0.05) is 20.2 Å². The Bertz CT molecular complexity index is 830. The van der Waals surface area contributed by atoms with Gasteiger partial charge < -0.3 is 0 Å². The Balaban J connectivity index is 2.44. The highest BCUT2D eigenvalue weighted by molar-refractivity contribution is 7.24. The SMILES string of the molecule is CCCc1cc(CC)c2sc3ccccc3c(=O)c2c1. The van der Waals surface area contributed by atoms with E-state index in [1.165, 1.54) is 11.1 Å². The highest BCUT2D eigenvalue weighted by Crippen LogP contribution is 2.29. The maximum Gasteiger partial charge on any atom is 0.195 e. The fraction of sp³-hybridized carbons (Fsp3) is 0.278. The number of benzene rings is 2. The molecule has 2 aromatic carbocycles. The summed E-state index contributed by atoms with van der Waals surface area (Å²) in [7, 11) is 0. The molecule has 0 saturated heterocycles. The van der Waals surface area contributed by atoms with Crippen molar-refractivity contribution in [1.82, 2.24) is 0 Å². The van der Waals surface area contributed by atoms with Crippen molar-refractivity contribution in [1.29, 1.82) is 0 Å². The quantitative estimate of drug-likeness (QED) is 0.622. The molecule has 0 fully saturated rings. The lowest BCUT2D eigenvalue weighted by molar-refractivity contribution is 0.920. The van der Waals surface area contributed by atoms with Crippen molar-refractivity contribution in [2.45, 2.75) is 33.1 Å². The largest absolute Gasteiger partial charge is 0.289 e. The first-order valence-corrected chi connectivity index (χ1v) is 8.03. The summed E-state index contributed by atoms with van der Waals surface area (Å²) in [5, 5.41) is 1.75. The Morgan fingerprint density at radius 3 is 2.60 bits per heavy atom. The number of hydrogen-bond donors (Lipinski definition) is 0. The molecule has 0 N–H and O–H groups in total. The van der Waals surface area contributed by atoms with Crippen LogP contribution in [0.5, 0.6) is 0 Å². The molecule has 20 heavy (non-hydrogen) atoms. The van der Waals surface area contributed by atoms with Crippen LogP contribution in [0.15, 0.2) is 41.2 Å². The Morgan fingerprint density at radius 1 is 1.05 bits per heavy atom. The van der Waals surface area contributed by atoms with Crippen LogP contribution in [0.1, 0.15) is 31.4 Å². The third-order valence-corrected chi connectivity index (χ3v) is 5.00. The molecule has 0 aliphatic carbocycles. The lowest BCUT2D eigenvalue weighted by Crippen LogP contribution is -2.03. The third kappa shape index (κ3) is 2.14. The van der Waals surface area contributed by atoms with Gasteiger partial charge in [0.15, 0.2) is 5.43 Å². The second-order valence-corrected chi connectivity index (χ2v) is 6.21. The maximum atomic E-state index is 12.7. The molecule has 0 aliphatic rings. The highest BCUT2D eigenvalue weighted by atomic mass is 32.1. The zero-order valence-corrected chi connectivity index (χ0v) is 12.7. The van der Waals surface area contributed by atoms with Gasteiger partial charge in [0.25, 0.3) is 0 Å². The van der Waals surface area contributed by atoms with E-state index >= 15 is 0 Å². The van der Waals surface area contributed by atoms with E-state index < -0.39 is 0 Å². The standard InChI is InChI=1S/C18H18OS/c1-3-7-12-10-13(4-2)18-15(11-12)17(19)14-8-5-6-9-16(14)20-18/h5-6,8-11H,3-4,7H2,1-2H3. The van der Waals surface area contributed by atoms with E-state index in [2.05, 4.69) is 26.0 Å². The summed E-state index contributed by atoms with van der Waals surface area (Å²) >= 11 is 1.74. The third-order valence-electron chi connectivity index (χ3n) is 3.73. The topological polar surface area (TPSA) is 17.1 Å². The maximum absolute atomic E-state index is 12.7. The average molecular weight is 282 g/mol. The number of fused-ring (bicyclic) bond motifs is 2. The van der Waals surface area contributed by atoms with Gasteiger partial charge in [0.1, 0.15) is 0 Å². The van der Waals surface area contributed by atoms with Gasteiger partial charge in [0.2, 0.25) is 0 Å². The highest BCUT2D eigenvalue weighted by Gasteiger charge is 2.10. The normalized spacial score (nSPS) is 11.3. The van der Waals surface area contributed by atoms with Crippen LogP contribution in [0.4, 0.5) is 0 Å².